The van der Waals surface area contributed by atoms with Gasteiger partial charge in [0.1, 0.15) is 23.2 Å². The first-order valence-corrected chi connectivity index (χ1v) is 9.39. The highest BCUT2D eigenvalue weighted by atomic mass is 35.5. The van der Waals surface area contributed by atoms with Gasteiger partial charge in [-0.2, -0.15) is 4.98 Å². The highest BCUT2D eigenvalue weighted by Crippen LogP contribution is 2.24. The van der Waals surface area contributed by atoms with Crippen LogP contribution in [0.2, 0.25) is 5.02 Å². The summed E-state index contributed by atoms with van der Waals surface area (Å²) in [6.07, 6.45) is 3.77. The van der Waals surface area contributed by atoms with Gasteiger partial charge in [-0.3, -0.25) is 4.79 Å². The van der Waals surface area contributed by atoms with Crippen LogP contribution in [0.4, 0.5) is 10.1 Å². The number of nitrogens with zero attached hydrogens (tertiary/aromatic N) is 3. The molecule has 1 amide bonds. The van der Waals surface area contributed by atoms with Crippen LogP contribution in [0.1, 0.15) is 16.2 Å². The van der Waals surface area contributed by atoms with Crippen LogP contribution in [0.5, 0.6) is 11.6 Å². The van der Waals surface area contributed by atoms with Crippen molar-refractivity contribution < 1.29 is 13.9 Å². The lowest BCUT2D eigenvalue weighted by Crippen LogP contribution is -2.12. The van der Waals surface area contributed by atoms with E-state index in [0.717, 1.165) is 6.07 Å². The van der Waals surface area contributed by atoms with Crippen molar-refractivity contribution in [2.75, 3.05) is 5.32 Å². The van der Waals surface area contributed by atoms with Gasteiger partial charge in [-0.05, 0) is 61.5 Å². The Labute approximate surface area is 176 Å². The number of amides is 1. The van der Waals surface area contributed by atoms with Crippen molar-refractivity contribution in [3.8, 4) is 17.4 Å². The number of rotatable bonds is 5. The van der Waals surface area contributed by atoms with Crippen LogP contribution in [-0.4, -0.2) is 20.4 Å². The molecular weight excluding hydrogens is 407 g/mol. The molecule has 150 valence electrons. The number of aryl methyl sites for hydroxylation is 1. The lowest BCUT2D eigenvalue weighted by atomic mass is 10.2. The standard InChI is InChI=1S/C22H16ClFN4O2/c1-14-25-20(28-10-2-3-11-28)13-21(26-14)30-17-7-5-16(6-8-17)27-22(29)18-9-4-15(24)12-19(18)23/h2-13H,1H3,(H,27,29). The SMILES string of the molecule is Cc1nc(Oc2ccc(NC(=O)c3ccc(F)cc3Cl)cc2)cc(-n2cccc2)n1. The first kappa shape index (κ1) is 19.6. The van der Waals surface area contributed by atoms with Crippen molar-refractivity contribution in [1.82, 2.24) is 14.5 Å². The minimum absolute atomic E-state index is 0.0464. The molecule has 0 aliphatic rings. The molecule has 2 heterocycles. The number of benzene rings is 2. The summed E-state index contributed by atoms with van der Waals surface area (Å²) in [7, 11) is 0. The van der Waals surface area contributed by atoms with E-state index >= 15 is 0 Å². The number of ether oxygens (including phenoxy) is 1. The molecule has 2 aromatic carbocycles. The second-order valence-electron chi connectivity index (χ2n) is 6.41. The molecule has 30 heavy (non-hydrogen) atoms. The van der Waals surface area contributed by atoms with Crippen molar-refractivity contribution in [2.24, 2.45) is 0 Å². The molecular formula is C22H16ClFN4O2. The van der Waals surface area contributed by atoms with Crippen molar-refractivity contribution in [2.45, 2.75) is 6.92 Å². The largest absolute Gasteiger partial charge is 0.439 e. The summed E-state index contributed by atoms with van der Waals surface area (Å²) in [5.74, 6) is 1.29. The Bertz CT molecular complexity index is 1190. The molecule has 2 aromatic heterocycles. The first-order chi connectivity index (χ1) is 14.5. The van der Waals surface area contributed by atoms with Crippen LogP contribution in [0.15, 0.2) is 73.1 Å². The number of carbonyl (C=O) groups excluding carboxylic acids is 1. The van der Waals surface area contributed by atoms with Gasteiger partial charge in [0.25, 0.3) is 5.91 Å². The zero-order chi connectivity index (χ0) is 21.1. The quantitative estimate of drug-likeness (QED) is 0.466. The number of anilines is 1. The van der Waals surface area contributed by atoms with Crippen molar-refractivity contribution in [1.29, 1.82) is 0 Å². The fourth-order valence-electron chi connectivity index (χ4n) is 2.80. The fourth-order valence-corrected chi connectivity index (χ4v) is 3.05. The topological polar surface area (TPSA) is 69.0 Å². The minimum Gasteiger partial charge on any atom is -0.439 e. The van der Waals surface area contributed by atoms with Crippen LogP contribution in [0.25, 0.3) is 5.82 Å². The molecule has 0 fully saturated rings. The van der Waals surface area contributed by atoms with E-state index < -0.39 is 11.7 Å². The van der Waals surface area contributed by atoms with Gasteiger partial charge in [-0.15, -0.1) is 0 Å². The molecule has 6 nitrogen and oxygen atoms in total. The van der Waals surface area contributed by atoms with Crippen LogP contribution in [-0.2, 0) is 0 Å². The summed E-state index contributed by atoms with van der Waals surface area (Å²) >= 11 is 5.93. The lowest BCUT2D eigenvalue weighted by molar-refractivity contribution is 0.102. The van der Waals surface area contributed by atoms with Crippen LogP contribution in [0.3, 0.4) is 0 Å². The van der Waals surface area contributed by atoms with Crippen LogP contribution in [0, 0.1) is 12.7 Å². The van der Waals surface area contributed by atoms with E-state index in [1.165, 1.54) is 12.1 Å². The van der Waals surface area contributed by atoms with E-state index in [-0.39, 0.29) is 10.6 Å². The van der Waals surface area contributed by atoms with Gasteiger partial charge in [-0.1, -0.05) is 11.6 Å². The molecule has 8 heteroatoms. The third-order valence-electron chi connectivity index (χ3n) is 4.18. The third-order valence-corrected chi connectivity index (χ3v) is 4.49. The molecule has 0 bridgehead atoms. The third kappa shape index (κ3) is 4.47. The van der Waals surface area contributed by atoms with Gasteiger partial charge in [-0.25, -0.2) is 9.37 Å². The van der Waals surface area contributed by atoms with Crippen LogP contribution >= 0.6 is 11.6 Å². The molecule has 4 rings (SSSR count). The molecule has 0 spiro atoms. The maximum Gasteiger partial charge on any atom is 0.257 e. The molecule has 0 aliphatic heterocycles. The van der Waals surface area contributed by atoms with E-state index in [4.69, 9.17) is 16.3 Å². The van der Waals surface area contributed by atoms with Crippen molar-refractivity contribution in [3.05, 3.63) is 95.3 Å². The number of hydrogen-bond donors (Lipinski definition) is 1. The zero-order valence-electron chi connectivity index (χ0n) is 15.8. The number of hydrogen-bond acceptors (Lipinski definition) is 4. The van der Waals surface area contributed by atoms with Gasteiger partial charge >= 0.3 is 0 Å². The average molecular weight is 423 g/mol. The Morgan fingerprint density at radius 3 is 2.50 bits per heavy atom. The molecule has 0 radical (unpaired) electrons. The van der Waals surface area contributed by atoms with Gasteiger partial charge in [0.15, 0.2) is 0 Å². The summed E-state index contributed by atoms with van der Waals surface area (Å²) in [6, 6.07) is 15.9. The van der Waals surface area contributed by atoms with E-state index in [9.17, 15) is 9.18 Å². The summed E-state index contributed by atoms with van der Waals surface area (Å²) in [4.78, 5) is 21.0. The Morgan fingerprint density at radius 1 is 1.07 bits per heavy atom. The Morgan fingerprint density at radius 2 is 1.80 bits per heavy atom. The van der Waals surface area contributed by atoms with Crippen LogP contribution < -0.4 is 10.1 Å². The Balaban J connectivity index is 1.47. The summed E-state index contributed by atoms with van der Waals surface area (Å²) in [5, 5.41) is 2.76. The Kier molecular flexibility index (Phi) is 5.45. The Hall–Kier alpha value is -3.71. The van der Waals surface area contributed by atoms with Gasteiger partial charge in [0, 0.05) is 24.1 Å². The van der Waals surface area contributed by atoms with Gasteiger partial charge < -0.3 is 14.6 Å². The summed E-state index contributed by atoms with van der Waals surface area (Å²) < 4.78 is 20.8. The normalized spacial score (nSPS) is 10.6. The summed E-state index contributed by atoms with van der Waals surface area (Å²) in [5.41, 5.74) is 0.729. The molecule has 4 aromatic rings. The van der Waals surface area contributed by atoms with E-state index in [2.05, 4.69) is 15.3 Å². The second-order valence-corrected chi connectivity index (χ2v) is 6.81. The van der Waals surface area contributed by atoms with Crippen molar-refractivity contribution in [3.63, 3.8) is 0 Å². The predicted molar refractivity (Wildman–Crippen MR) is 112 cm³/mol. The molecule has 1 N–H and O–H groups in total. The minimum atomic E-state index is -0.502. The second kappa shape index (κ2) is 8.34. The molecule has 0 unspecified atom stereocenters. The maximum absolute atomic E-state index is 13.2. The number of carbonyl (C=O) groups is 1. The number of nitrogens with one attached hydrogen (secondary N) is 1. The fraction of sp³-hybridized carbons (Fsp3) is 0.0455. The van der Waals surface area contributed by atoms with E-state index in [0.29, 0.717) is 29.0 Å². The summed E-state index contributed by atoms with van der Waals surface area (Å²) in [6.45, 7) is 1.79. The number of aromatic nitrogens is 3. The smallest absolute Gasteiger partial charge is 0.257 e. The molecule has 0 atom stereocenters. The molecule has 0 saturated heterocycles. The molecule has 0 saturated carbocycles. The highest BCUT2D eigenvalue weighted by Gasteiger charge is 2.12. The number of halogens is 2. The van der Waals surface area contributed by atoms with E-state index in [1.54, 1.807) is 37.3 Å². The zero-order valence-corrected chi connectivity index (χ0v) is 16.6. The maximum atomic E-state index is 13.2. The predicted octanol–water partition coefficient (Wildman–Crippen LogP) is 5.41. The van der Waals surface area contributed by atoms with Crippen molar-refractivity contribution >= 4 is 23.2 Å². The van der Waals surface area contributed by atoms with Gasteiger partial charge in [0.2, 0.25) is 5.88 Å². The first-order valence-electron chi connectivity index (χ1n) is 9.01. The van der Waals surface area contributed by atoms with Gasteiger partial charge in [0.05, 0.1) is 10.6 Å². The highest BCUT2D eigenvalue weighted by molar-refractivity contribution is 6.34. The molecule has 0 aliphatic carbocycles. The monoisotopic (exact) mass is 422 g/mol. The van der Waals surface area contributed by atoms with E-state index in [1.807, 2.05) is 29.1 Å². The lowest BCUT2D eigenvalue weighted by Gasteiger charge is -2.10. The average Bonchev–Trinajstić information content (AvgIpc) is 3.24.